The zero-order chi connectivity index (χ0) is 28.1. The molecule has 4 N–H and O–H groups in total. The summed E-state index contributed by atoms with van der Waals surface area (Å²) in [5.41, 5.74) is 2.41. The molecule has 0 fully saturated rings. The molecule has 0 aliphatic carbocycles. The first-order valence-corrected chi connectivity index (χ1v) is 11.8. The molecule has 9 heteroatoms. The molecule has 0 saturated carbocycles. The van der Waals surface area contributed by atoms with Crippen LogP contribution in [0.15, 0.2) is 84.9 Å². The number of nitrogens with one attached hydrogen (secondary N) is 2. The van der Waals surface area contributed by atoms with E-state index in [9.17, 15) is 29.4 Å². The number of ether oxygens (including phenoxy) is 1. The van der Waals surface area contributed by atoms with Crippen LogP contribution >= 0.6 is 0 Å². The smallest absolute Gasteiger partial charge is 0.336 e. The molecule has 0 radical (unpaired) electrons. The Bertz CT molecular complexity index is 1460. The summed E-state index contributed by atoms with van der Waals surface area (Å²) in [5, 5.41) is 24.1. The molecule has 0 bridgehead atoms. The number of hydrogen-bond donors (Lipinski definition) is 4. The van der Waals surface area contributed by atoms with Gasteiger partial charge in [0.1, 0.15) is 11.5 Å². The van der Waals surface area contributed by atoms with Gasteiger partial charge < -0.3 is 25.6 Å². The van der Waals surface area contributed by atoms with E-state index in [1.807, 2.05) is 0 Å². The van der Waals surface area contributed by atoms with Gasteiger partial charge in [-0.25, -0.2) is 9.59 Å². The van der Waals surface area contributed by atoms with E-state index >= 15 is 0 Å². The highest BCUT2D eigenvalue weighted by Gasteiger charge is 2.18. The van der Waals surface area contributed by atoms with Crippen molar-refractivity contribution >= 4 is 35.1 Å². The number of carboxylic acid groups (broad SMARTS) is 2. The van der Waals surface area contributed by atoms with E-state index < -0.39 is 23.8 Å². The average Bonchev–Trinajstić information content (AvgIpc) is 2.90. The molecule has 0 unspecified atom stereocenters. The number of aromatic carboxylic acids is 2. The minimum Gasteiger partial charge on any atom is -0.478 e. The molecule has 196 valence electrons. The van der Waals surface area contributed by atoms with E-state index in [4.69, 9.17) is 4.74 Å². The number of rotatable bonds is 8. The molecular weight excluding hydrogens is 500 g/mol. The first-order chi connectivity index (χ1) is 18.6. The van der Waals surface area contributed by atoms with Crippen LogP contribution in [0.2, 0.25) is 0 Å². The lowest BCUT2D eigenvalue weighted by Crippen LogP contribution is -2.16. The summed E-state index contributed by atoms with van der Waals surface area (Å²) in [6, 6.07) is 22.2. The van der Waals surface area contributed by atoms with Crippen LogP contribution in [-0.4, -0.2) is 34.0 Å². The number of amides is 2. The summed E-state index contributed by atoms with van der Waals surface area (Å²) >= 11 is 0. The SMILES string of the molecule is Cc1ccc(C(=O)O)c(C(=O)Nc2ccc(Oc3ccc(NC(=O)c4cc(C)ccc4C(=O)O)cc3)cc2)c1. The van der Waals surface area contributed by atoms with Crippen molar-refractivity contribution in [3.05, 3.63) is 118 Å². The fraction of sp³-hybridized carbons (Fsp3) is 0.0667. The zero-order valence-corrected chi connectivity index (χ0v) is 21.0. The summed E-state index contributed by atoms with van der Waals surface area (Å²) in [5.74, 6) is -2.48. The topological polar surface area (TPSA) is 142 Å². The Kier molecular flexibility index (Phi) is 7.72. The highest BCUT2D eigenvalue weighted by Crippen LogP contribution is 2.25. The third-order valence-corrected chi connectivity index (χ3v) is 5.76. The maximum absolute atomic E-state index is 12.7. The lowest BCUT2D eigenvalue weighted by molar-refractivity contribution is 0.0683. The zero-order valence-electron chi connectivity index (χ0n) is 21.0. The predicted octanol–water partition coefficient (Wildman–Crippen LogP) is 6.00. The van der Waals surface area contributed by atoms with Crippen molar-refractivity contribution in [2.75, 3.05) is 10.6 Å². The van der Waals surface area contributed by atoms with Gasteiger partial charge >= 0.3 is 11.9 Å². The molecule has 4 aromatic rings. The molecule has 0 aromatic heterocycles. The predicted molar refractivity (Wildman–Crippen MR) is 145 cm³/mol. The van der Waals surface area contributed by atoms with E-state index in [1.54, 1.807) is 74.5 Å². The third-order valence-electron chi connectivity index (χ3n) is 5.76. The average molecular weight is 525 g/mol. The van der Waals surface area contributed by atoms with Gasteiger partial charge in [-0.1, -0.05) is 23.3 Å². The lowest BCUT2D eigenvalue weighted by atomic mass is 10.0. The van der Waals surface area contributed by atoms with E-state index in [-0.39, 0.29) is 22.3 Å². The normalized spacial score (nSPS) is 10.4. The molecule has 0 spiro atoms. The van der Waals surface area contributed by atoms with Crippen LogP contribution in [0, 0.1) is 13.8 Å². The first-order valence-electron chi connectivity index (χ1n) is 11.8. The van der Waals surface area contributed by atoms with Crippen molar-refractivity contribution in [1.82, 2.24) is 0 Å². The maximum atomic E-state index is 12.7. The van der Waals surface area contributed by atoms with Gasteiger partial charge in [-0.05, 0) is 86.6 Å². The van der Waals surface area contributed by atoms with Crippen molar-refractivity contribution in [3.8, 4) is 11.5 Å². The molecule has 4 aromatic carbocycles. The minimum absolute atomic E-state index is 0.0663. The Hall–Kier alpha value is -5.44. The molecule has 9 nitrogen and oxygen atoms in total. The van der Waals surface area contributed by atoms with Crippen LogP contribution in [0.25, 0.3) is 0 Å². The summed E-state index contributed by atoms with van der Waals surface area (Å²) in [6.07, 6.45) is 0. The minimum atomic E-state index is -1.19. The number of carbonyl (C=O) groups is 4. The van der Waals surface area contributed by atoms with E-state index in [2.05, 4.69) is 10.6 Å². The fourth-order valence-corrected chi connectivity index (χ4v) is 3.81. The van der Waals surface area contributed by atoms with Gasteiger partial charge in [0.25, 0.3) is 11.8 Å². The Morgan fingerprint density at radius 1 is 0.538 bits per heavy atom. The molecule has 0 aliphatic heterocycles. The monoisotopic (exact) mass is 524 g/mol. The highest BCUT2D eigenvalue weighted by molar-refractivity contribution is 6.11. The summed E-state index contributed by atoms with van der Waals surface area (Å²) in [6.45, 7) is 3.54. The van der Waals surface area contributed by atoms with Crippen LogP contribution in [0.4, 0.5) is 11.4 Å². The van der Waals surface area contributed by atoms with Gasteiger partial charge in [0.15, 0.2) is 0 Å². The van der Waals surface area contributed by atoms with E-state index in [0.29, 0.717) is 22.9 Å². The van der Waals surface area contributed by atoms with Gasteiger partial charge in [-0.15, -0.1) is 0 Å². The van der Waals surface area contributed by atoms with Gasteiger partial charge in [-0.2, -0.15) is 0 Å². The van der Waals surface area contributed by atoms with Crippen LogP contribution in [0.1, 0.15) is 52.6 Å². The van der Waals surface area contributed by atoms with Crippen LogP contribution in [0.3, 0.4) is 0 Å². The Morgan fingerprint density at radius 2 is 0.897 bits per heavy atom. The van der Waals surface area contributed by atoms with Crippen LogP contribution in [0.5, 0.6) is 11.5 Å². The molecule has 0 saturated heterocycles. The Labute approximate surface area is 223 Å². The number of anilines is 2. The van der Waals surface area contributed by atoms with Crippen molar-refractivity contribution < 1.29 is 34.1 Å². The number of aryl methyl sites for hydroxylation is 2. The molecular formula is C30H24N2O7. The standard InChI is InChI=1S/C30H24N2O7/c1-17-3-13-23(29(35)36)25(15-17)27(33)31-19-5-9-21(10-6-19)39-22-11-7-20(8-12-22)32-28(34)26-16-18(2)4-14-24(26)30(37)38/h3-16H,1-2H3,(H,31,33)(H,32,34)(H,35,36)(H,37,38). The third kappa shape index (κ3) is 6.47. The van der Waals surface area contributed by atoms with Gasteiger partial charge in [0, 0.05) is 11.4 Å². The van der Waals surface area contributed by atoms with Crippen molar-refractivity contribution in [2.45, 2.75) is 13.8 Å². The Balaban J connectivity index is 1.39. The van der Waals surface area contributed by atoms with E-state index in [0.717, 1.165) is 11.1 Å². The Morgan fingerprint density at radius 3 is 1.23 bits per heavy atom. The number of hydrogen-bond acceptors (Lipinski definition) is 5. The molecule has 4 rings (SSSR count). The highest BCUT2D eigenvalue weighted by atomic mass is 16.5. The second-order valence-electron chi connectivity index (χ2n) is 8.77. The van der Waals surface area contributed by atoms with Gasteiger partial charge in [-0.3, -0.25) is 9.59 Å². The summed E-state index contributed by atoms with van der Waals surface area (Å²) in [4.78, 5) is 48.3. The first kappa shape index (κ1) is 26.6. The summed E-state index contributed by atoms with van der Waals surface area (Å²) < 4.78 is 5.82. The van der Waals surface area contributed by atoms with E-state index in [1.165, 1.54) is 24.3 Å². The molecule has 39 heavy (non-hydrogen) atoms. The number of carboxylic acids is 2. The van der Waals surface area contributed by atoms with Crippen molar-refractivity contribution in [1.29, 1.82) is 0 Å². The fourth-order valence-electron chi connectivity index (χ4n) is 3.81. The number of carbonyl (C=O) groups excluding carboxylic acids is 2. The molecule has 0 aliphatic rings. The quantitative estimate of drug-likeness (QED) is 0.222. The largest absolute Gasteiger partial charge is 0.478 e. The second kappa shape index (κ2) is 11.3. The second-order valence-corrected chi connectivity index (χ2v) is 8.77. The maximum Gasteiger partial charge on any atom is 0.336 e. The molecule has 0 atom stereocenters. The van der Waals surface area contributed by atoms with Gasteiger partial charge in [0.2, 0.25) is 0 Å². The van der Waals surface area contributed by atoms with Crippen molar-refractivity contribution in [3.63, 3.8) is 0 Å². The number of benzene rings is 4. The molecule has 2 amide bonds. The molecule has 0 heterocycles. The van der Waals surface area contributed by atoms with Gasteiger partial charge in [0.05, 0.1) is 22.3 Å². The lowest BCUT2D eigenvalue weighted by Gasteiger charge is -2.11. The van der Waals surface area contributed by atoms with Crippen molar-refractivity contribution in [2.24, 2.45) is 0 Å². The summed E-state index contributed by atoms with van der Waals surface area (Å²) in [7, 11) is 0. The van der Waals surface area contributed by atoms with Crippen LogP contribution in [-0.2, 0) is 0 Å². The van der Waals surface area contributed by atoms with Crippen LogP contribution < -0.4 is 15.4 Å².